The summed E-state index contributed by atoms with van der Waals surface area (Å²) in [6.45, 7) is 0. The van der Waals surface area contributed by atoms with Crippen molar-refractivity contribution < 1.29 is 4.79 Å². The number of hydrogen-bond acceptors (Lipinski definition) is 2. The highest BCUT2D eigenvalue weighted by Gasteiger charge is 2.10. The molecule has 0 aliphatic heterocycles. The van der Waals surface area contributed by atoms with Crippen LogP contribution in [-0.2, 0) is 0 Å². The van der Waals surface area contributed by atoms with E-state index in [0.717, 1.165) is 0 Å². The molecule has 66 valence electrons. The minimum absolute atomic E-state index is 0.0932. The van der Waals surface area contributed by atoms with Gasteiger partial charge < -0.3 is 0 Å². The van der Waals surface area contributed by atoms with Gasteiger partial charge in [-0.2, -0.15) is 0 Å². The fourth-order valence-electron chi connectivity index (χ4n) is 0.834. The van der Waals surface area contributed by atoms with Crippen molar-refractivity contribution in [2.45, 2.75) is 12.8 Å². The zero-order chi connectivity index (χ0) is 8.97. The molecule has 12 heavy (non-hydrogen) atoms. The van der Waals surface area contributed by atoms with Crippen molar-refractivity contribution in [1.29, 1.82) is 0 Å². The fourth-order valence-corrected chi connectivity index (χ4v) is 2.10. The van der Waals surface area contributed by atoms with E-state index in [1.165, 1.54) is 11.3 Å². The lowest BCUT2D eigenvalue weighted by Crippen LogP contribution is -1.96. The molecule has 0 aliphatic rings. The van der Waals surface area contributed by atoms with Crippen molar-refractivity contribution >= 4 is 40.3 Å². The normalized spacial score (nSPS) is 10.2. The molecule has 1 aromatic heterocycles. The molecule has 0 atom stereocenters. The molecule has 0 saturated carbocycles. The summed E-state index contributed by atoms with van der Waals surface area (Å²) in [7, 11) is 0. The highest BCUT2D eigenvalue weighted by atomic mass is 35.5. The monoisotopic (exact) mass is 222 g/mol. The summed E-state index contributed by atoms with van der Waals surface area (Å²) >= 11 is 12.6. The van der Waals surface area contributed by atoms with Gasteiger partial charge in [-0.15, -0.1) is 22.9 Å². The molecule has 0 saturated heterocycles. The number of alkyl halides is 1. The second-order valence-electron chi connectivity index (χ2n) is 2.31. The average molecular weight is 223 g/mol. The number of carbonyl (C=O) groups is 1. The zero-order valence-electron chi connectivity index (χ0n) is 6.35. The van der Waals surface area contributed by atoms with Gasteiger partial charge in [0.1, 0.15) is 0 Å². The van der Waals surface area contributed by atoms with Crippen LogP contribution in [0.2, 0.25) is 5.02 Å². The largest absolute Gasteiger partial charge is 0.293 e. The number of carbonyl (C=O) groups excluding carboxylic acids is 1. The Hall–Kier alpha value is -0.0500. The van der Waals surface area contributed by atoms with E-state index in [2.05, 4.69) is 0 Å². The molecular weight excluding hydrogens is 215 g/mol. The first kappa shape index (κ1) is 10.0. The van der Waals surface area contributed by atoms with Crippen molar-refractivity contribution in [2.75, 3.05) is 5.88 Å². The number of rotatable bonds is 4. The zero-order valence-corrected chi connectivity index (χ0v) is 8.68. The van der Waals surface area contributed by atoms with E-state index >= 15 is 0 Å². The number of thiophene rings is 1. The lowest BCUT2D eigenvalue weighted by atomic mass is 10.2. The Labute approximate surface area is 85.3 Å². The summed E-state index contributed by atoms with van der Waals surface area (Å²) in [5.74, 6) is 0.616. The van der Waals surface area contributed by atoms with Gasteiger partial charge in [0.2, 0.25) is 0 Å². The molecule has 0 bridgehead atoms. The first-order valence-electron chi connectivity index (χ1n) is 3.58. The second kappa shape index (κ2) is 4.85. The Morgan fingerprint density at radius 2 is 2.33 bits per heavy atom. The van der Waals surface area contributed by atoms with Gasteiger partial charge in [-0.1, -0.05) is 11.6 Å². The van der Waals surface area contributed by atoms with Crippen LogP contribution in [0.1, 0.15) is 22.5 Å². The Kier molecular flexibility index (Phi) is 4.06. The van der Waals surface area contributed by atoms with Crippen LogP contribution in [0.3, 0.4) is 0 Å². The lowest BCUT2D eigenvalue weighted by Gasteiger charge is -1.95. The molecule has 0 aliphatic carbocycles. The van der Waals surface area contributed by atoms with Gasteiger partial charge in [-0.25, -0.2) is 0 Å². The molecule has 0 amide bonds. The molecule has 0 unspecified atom stereocenters. The molecule has 1 aromatic rings. The van der Waals surface area contributed by atoms with Gasteiger partial charge in [-0.3, -0.25) is 4.79 Å². The maximum atomic E-state index is 11.4. The van der Waals surface area contributed by atoms with Crippen LogP contribution in [0.25, 0.3) is 0 Å². The van der Waals surface area contributed by atoms with Crippen molar-refractivity contribution in [2.24, 2.45) is 0 Å². The highest BCUT2D eigenvalue weighted by molar-refractivity contribution is 7.12. The number of halogens is 2. The molecule has 4 heteroatoms. The molecule has 1 nitrogen and oxygen atoms in total. The molecule has 0 radical (unpaired) electrons. The topological polar surface area (TPSA) is 17.1 Å². The summed E-state index contributed by atoms with van der Waals surface area (Å²) < 4.78 is 0. The van der Waals surface area contributed by atoms with Gasteiger partial charge >= 0.3 is 0 Å². The molecule has 1 rings (SSSR count). The van der Waals surface area contributed by atoms with Gasteiger partial charge in [0.15, 0.2) is 5.78 Å². The van der Waals surface area contributed by atoms with Crippen LogP contribution >= 0.6 is 34.5 Å². The van der Waals surface area contributed by atoms with Crippen LogP contribution < -0.4 is 0 Å². The number of Topliss-reactive ketones (excluding diaryl/α,β-unsaturated/α-hetero) is 1. The van der Waals surface area contributed by atoms with Gasteiger partial charge in [0, 0.05) is 12.3 Å². The summed E-state index contributed by atoms with van der Waals surface area (Å²) in [5, 5.41) is 2.37. The van der Waals surface area contributed by atoms with Crippen LogP contribution in [0.4, 0.5) is 0 Å². The quantitative estimate of drug-likeness (QED) is 0.563. The summed E-state index contributed by atoms with van der Waals surface area (Å²) in [5.41, 5.74) is 0. The number of ketones is 1. The van der Waals surface area contributed by atoms with E-state index in [1.54, 1.807) is 6.07 Å². The SMILES string of the molecule is O=C(CCCCl)c1sccc1Cl. The minimum Gasteiger partial charge on any atom is -0.293 e. The predicted octanol–water partition coefficient (Wildman–Crippen LogP) is 3.60. The van der Waals surface area contributed by atoms with Crippen molar-refractivity contribution in [1.82, 2.24) is 0 Å². The molecule has 1 heterocycles. The first-order chi connectivity index (χ1) is 5.75. The Morgan fingerprint density at radius 1 is 1.58 bits per heavy atom. The van der Waals surface area contributed by atoms with Crippen molar-refractivity contribution in [3.8, 4) is 0 Å². The minimum atomic E-state index is 0.0932. The highest BCUT2D eigenvalue weighted by Crippen LogP contribution is 2.23. The maximum absolute atomic E-state index is 11.4. The van der Waals surface area contributed by atoms with Crippen LogP contribution in [0, 0.1) is 0 Å². The number of hydrogen-bond donors (Lipinski definition) is 0. The summed E-state index contributed by atoms with van der Waals surface area (Å²) in [4.78, 5) is 12.0. The van der Waals surface area contributed by atoms with E-state index in [1.807, 2.05) is 5.38 Å². The first-order valence-corrected chi connectivity index (χ1v) is 5.37. The van der Waals surface area contributed by atoms with E-state index in [-0.39, 0.29) is 5.78 Å². The smallest absolute Gasteiger partial charge is 0.174 e. The van der Waals surface area contributed by atoms with Crippen molar-refractivity contribution in [3.05, 3.63) is 21.3 Å². The van der Waals surface area contributed by atoms with E-state index in [4.69, 9.17) is 23.2 Å². The van der Waals surface area contributed by atoms with E-state index in [0.29, 0.717) is 28.6 Å². The third-order valence-electron chi connectivity index (χ3n) is 1.41. The lowest BCUT2D eigenvalue weighted by molar-refractivity contribution is 0.0986. The van der Waals surface area contributed by atoms with Gasteiger partial charge in [0.25, 0.3) is 0 Å². The third-order valence-corrected chi connectivity index (χ3v) is 3.06. The Bertz CT molecular complexity index is 270. The summed E-state index contributed by atoms with van der Waals surface area (Å²) in [6, 6.07) is 1.74. The van der Waals surface area contributed by atoms with E-state index in [9.17, 15) is 4.79 Å². The van der Waals surface area contributed by atoms with Crippen LogP contribution in [0.5, 0.6) is 0 Å². The van der Waals surface area contributed by atoms with Crippen LogP contribution in [-0.4, -0.2) is 11.7 Å². The Balaban J connectivity index is 2.59. The average Bonchev–Trinajstić information content (AvgIpc) is 2.47. The van der Waals surface area contributed by atoms with Crippen molar-refractivity contribution in [3.63, 3.8) is 0 Å². The summed E-state index contributed by atoms with van der Waals surface area (Å²) in [6.07, 6.45) is 1.21. The molecule has 0 N–H and O–H groups in total. The molecule has 0 fully saturated rings. The third kappa shape index (κ3) is 2.47. The van der Waals surface area contributed by atoms with Gasteiger partial charge in [-0.05, 0) is 17.9 Å². The molecule has 0 spiro atoms. The standard InChI is InChI=1S/C8H8Cl2OS/c9-4-1-2-7(11)8-6(10)3-5-12-8/h3,5H,1-2,4H2. The molecular formula is C8H8Cl2OS. The second-order valence-corrected chi connectivity index (χ2v) is 4.01. The maximum Gasteiger partial charge on any atom is 0.174 e. The van der Waals surface area contributed by atoms with Gasteiger partial charge in [0.05, 0.1) is 9.90 Å². The van der Waals surface area contributed by atoms with Crippen LogP contribution in [0.15, 0.2) is 11.4 Å². The van der Waals surface area contributed by atoms with E-state index < -0.39 is 0 Å². The Morgan fingerprint density at radius 3 is 2.83 bits per heavy atom. The predicted molar refractivity (Wildman–Crippen MR) is 53.6 cm³/mol. The fraction of sp³-hybridized carbons (Fsp3) is 0.375. The molecule has 0 aromatic carbocycles.